The van der Waals surface area contributed by atoms with Crippen LogP contribution in [-0.4, -0.2) is 23.1 Å². The maximum Gasteiger partial charge on any atom is 0.332 e. The van der Waals surface area contributed by atoms with E-state index in [2.05, 4.69) is 20.9 Å². The first-order valence-electron chi connectivity index (χ1n) is 9.19. The van der Waals surface area contributed by atoms with Crippen LogP contribution >= 0.6 is 39.1 Å². The Morgan fingerprint density at radius 1 is 0.935 bits per heavy atom. The fourth-order valence-corrected chi connectivity index (χ4v) is 4.23. The molecule has 3 heterocycles. The number of benzene rings is 2. The molecule has 0 radical (unpaired) electrons. The lowest BCUT2D eigenvalue weighted by molar-refractivity contribution is 0.708. The number of aryl methyl sites for hydroxylation is 1. The van der Waals surface area contributed by atoms with Gasteiger partial charge in [0, 0.05) is 30.3 Å². The summed E-state index contributed by atoms with van der Waals surface area (Å²) in [5, 5.41) is 0.829. The van der Waals surface area contributed by atoms with E-state index >= 15 is 0 Å². The van der Waals surface area contributed by atoms with E-state index in [0.717, 1.165) is 26.0 Å². The zero-order chi connectivity index (χ0) is 22.0. The highest BCUT2D eigenvalue weighted by Crippen LogP contribution is 2.32. The zero-order valence-corrected chi connectivity index (χ0v) is 19.4. The summed E-state index contributed by atoms with van der Waals surface area (Å²) >= 11 is 15.9. The van der Waals surface area contributed by atoms with Gasteiger partial charge < -0.3 is 0 Å². The van der Waals surface area contributed by atoms with E-state index in [-0.39, 0.29) is 0 Å². The first kappa shape index (κ1) is 20.1. The van der Waals surface area contributed by atoms with Crippen LogP contribution < -0.4 is 11.2 Å². The minimum absolute atomic E-state index is 0.305. The monoisotopic (exact) mass is 517 g/mol. The van der Waals surface area contributed by atoms with Gasteiger partial charge >= 0.3 is 5.69 Å². The quantitative estimate of drug-likeness (QED) is 0.347. The molecule has 0 unspecified atom stereocenters. The number of imidazole rings is 2. The van der Waals surface area contributed by atoms with Crippen LogP contribution in [0.25, 0.3) is 33.9 Å². The molecule has 5 rings (SSSR count). The summed E-state index contributed by atoms with van der Waals surface area (Å²) in [5.74, 6) is 0.476. The van der Waals surface area contributed by atoms with Crippen LogP contribution in [-0.2, 0) is 14.1 Å². The highest BCUT2D eigenvalue weighted by molar-refractivity contribution is 9.10. The van der Waals surface area contributed by atoms with Crippen LogP contribution in [0.1, 0.15) is 0 Å². The molecule has 10 heteroatoms. The number of fused-ring (bicyclic) bond motifs is 3. The second kappa shape index (κ2) is 7.12. The first-order valence-corrected chi connectivity index (χ1v) is 10.7. The van der Waals surface area contributed by atoms with Crippen molar-refractivity contribution in [2.75, 3.05) is 0 Å². The van der Waals surface area contributed by atoms with E-state index in [1.54, 1.807) is 23.6 Å². The topological polar surface area (TPSA) is 66.2 Å². The van der Waals surface area contributed by atoms with Gasteiger partial charge in [-0.25, -0.2) is 4.79 Å². The molecule has 2 aromatic carbocycles. The number of hydrogen-bond donors (Lipinski definition) is 0. The minimum atomic E-state index is -0.438. The number of aromatic nitrogens is 5. The molecule has 0 amide bonds. The molecule has 3 aromatic heterocycles. The Morgan fingerprint density at radius 3 is 2.32 bits per heavy atom. The first-order chi connectivity index (χ1) is 14.8. The summed E-state index contributed by atoms with van der Waals surface area (Å²) in [4.78, 5) is 30.0. The van der Waals surface area contributed by atoms with Crippen molar-refractivity contribution in [1.82, 2.24) is 23.1 Å². The van der Waals surface area contributed by atoms with Crippen LogP contribution in [0.3, 0.4) is 0 Å². The highest BCUT2D eigenvalue weighted by atomic mass is 79.9. The van der Waals surface area contributed by atoms with Gasteiger partial charge in [0.15, 0.2) is 11.2 Å². The number of rotatable bonds is 2. The maximum absolute atomic E-state index is 12.9. The van der Waals surface area contributed by atoms with Gasteiger partial charge in [-0.05, 0) is 30.3 Å². The Labute approximate surface area is 193 Å². The van der Waals surface area contributed by atoms with Gasteiger partial charge in [0.1, 0.15) is 0 Å². The van der Waals surface area contributed by atoms with E-state index in [0.29, 0.717) is 27.0 Å². The molecule has 0 spiro atoms. The van der Waals surface area contributed by atoms with Gasteiger partial charge in [0.05, 0.1) is 21.4 Å². The summed E-state index contributed by atoms with van der Waals surface area (Å²) in [7, 11) is 3.05. The third-order valence-corrected chi connectivity index (χ3v) is 6.53. The maximum atomic E-state index is 12.9. The van der Waals surface area contributed by atoms with Crippen LogP contribution in [0.5, 0.6) is 0 Å². The lowest BCUT2D eigenvalue weighted by atomic mass is 10.1. The lowest BCUT2D eigenvalue weighted by Gasteiger charge is -2.10. The van der Waals surface area contributed by atoms with Crippen LogP contribution in [0.15, 0.2) is 62.7 Å². The molecule has 31 heavy (non-hydrogen) atoms. The average molecular weight is 519 g/mol. The average Bonchev–Trinajstić information content (AvgIpc) is 3.29. The molecule has 0 aliphatic heterocycles. The Morgan fingerprint density at radius 2 is 1.65 bits per heavy atom. The van der Waals surface area contributed by atoms with Gasteiger partial charge in [-0.1, -0.05) is 51.3 Å². The molecule has 5 aromatic rings. The normalized spacial score (nSPS) is 11.6. The van der Waals surface area contributed by atoms with Crippen molar-refractivity contribution >= 4 is 56.1 Å². The standard InChI is InChI=1S/C21H14BrCl2N5O2/c1-26-18-17(19(30)27(2)21(26)31)28-10-16(11-3-5-12(22)6-4-11)29(20(28)25-18)13-7-8-14(23)15(24)9-13/h3-10H,1-2H3. The minimum Gasteiger partial charge on any atom is -0.279 e. The third-order valence-electron chi connectivity index (χ3n) is 5.27. The predicted octanol–water partition coefficient (Wildman–Crippen LogP) is 4.41. The summed E-state index contributed by atoms with van der Waals surface area (Å²) in [6, 6.07) is 13.1. The van der Waals surface area contributed by atoms with Crippen molar-refractivity contribution in [3.63, 3.8) is 0 Å². The molecule has 0 atom stereocenters. The van der Waals surface area contributed by atoms with Gasteiger partial charge in [-0.15, -0.1) is 0 Å². The fourth-order valence-electron chi connectivity index (χ4n) is 3.67. The second-order valence-electron chi connectivity index (χ2n) is 7.11. The SMILES string of the molecule is Cn1c(=O)c2c(nc3n(-c4ccc(Cl)c(Cl)c4)c(-c4ccc(Br)cc4)cn23)n(C)c1=O. The van der Waals surface area contributed by atoms with Gasteiger partial charge in [-0.2, -0.15) is 4.98 Å². The molecule has 0 N–H and O–H groups in total. The molecular weight excluding hydrogens is 505 g/mol. The van der Waals surface area contributed by atoms with Gasteiger partial charge in [0.25, 0.3) is 5.56 Å². The van der Waals surface area contributed by atoms with Crippen LogP contribution in [0.4, 0.5) is 0 Å². The third kappa shape index (κ3) is 2.97. The number of hydrogen-bond acceptors (Lipinski definition) is 3. The molecule has 156 valence electrons. The molecular formula is C21H14BrCl2N5O2. The summed E-state index contributed by atoms with van der Waals surface area (Å²) in [5.41, 5.74) is 2.20. The fraction of sp³-hybridized carbons (Fsp3) is 0.0952. The molecule has 0 aliphatic rings. The Kier molecular flexibility index (Phi) is 4.62. The highest BCUT2D eigenvalue weighted by Gasteiger charge is 2.22. The number of nitrogens with zero attached hydrogens (tertiary/aromatic N) is 5. The van der Waals surface area contributed by atoms with Crippen molar-refractivity contribution in [2.45, 2.75) is 0 Å². The van der Waals surface area contributed by atoms with Crippen molar-refractivity contribution in [3.8, 4) is 16.9 Å². The van der Waals surface area contributed by atoms with Gasteiger partial charge in [-0.3, -0.25) is 22.9 Å². The second-order valence-corrected chi connectivity index (χ2v) is 8.84. The van der Waals surface area contributed by atoms with Gasteiger partial charge in [0.2, 0.25) is 5.78 Å². The molecule has 0 bridgehead atoms. The van der Waals surface area contributed by atoms with Crippen molar-refractivity contribution < 1.29 is 0 Å². The van der Waals surface area contributed by atoms with Crippen LogP contribution in [0, 0.1) is 0 Å². The lowest BCUT2D eigenvalue weighted by Crippen LogP contribution is -2.37. The Hall–Kier alpha value is -2.81. The number of halogens is 3. The molecule has 0 saturated carbocycles. The largest absolute Gasteiger partial charge is 0.332 e. The van der Waals surface area contributed by atoms with Crippen LogP contribution in [0.2, 0.25) is 10.0 Å². The Bertz CT molecular complexity index is 1630. The van der Waals surface area contributed by atoms with E-state index < -0.39 is 11.2 Å². The van der Waals surface area contributed by atoms with E-state index in [9.17, 15) is 9.59 Å². The predicted molar refractivity (Wildman–Crippen MR) is 126 cm³/mol. The smallest absolute Gasteiger partial charge is 0.279 e. The summed E-state index contributed by atoms with van der Waals surface area (Å²) < 4.78 is 6.98. The van der Waals surface area contributed by atoms with E-state index in [1.165, 1.54) is 11.6 Å². The van der Waals surface area contributed by atoms with E-state index in [1.807, 2.05) is 41.1 Å². The molecule has 0 aliphatic carbocycles. The van der Waals surface area contributed by atoms with Crippen molar-refractivity contribution in [1.29, 1.82) is 0 Å². The molecule has 0 fully saturated rings. The summed E-state index contributed by atoms with van der Waals surface area (Å²) in [6.07, 6.45) is 1.84. The molecule has 7 nitrogen and oxygen atoms in total. The van der Waals surface area contributed by atoms with E-state index in [4.69, 9.17) is 23.2 Å². The zero-order valence-electron chi connectivity index (χ0n) is 16.3. The van der Waals surface area contributed by atoms with Crippen molar-refractivity contribution in [2.24, 2.45) is 14.1 Å². The van der Waals surface area contributed by atoms with Crippen molar-refractivity contribution in [3.05, 3.63) is 84.0 Å². The Balaban J connectivity index is 1.96. The summed E-state index contributed by atoms with van der Waals surface area (Å²) in [6.45, 7) is 0. The molecule has 0 saturated heterocycles.